The van der Waals surface area contributed by atoms with E-state index in [9.17, 15) is 18.8 Å². The Kier molecular flexibility index (Phi) is 6.25. The highest BCUT2D eigenvalue weighted by atomic mass is 35.5. The predicted molar refractivity (Wildman–Crippen MR) is 96.7 cm³/mol. The van der Waals surface area contributed by atoms with Gasteiger partial charge in [-0.05, 0) is 26.8 Å². The number of nitrogens with zero attached hydrogens (tertiary/aromatic N) is 3. The molecule has 0 aliphatic heterocycles. The number of halogens is 2. The number of hydrogen-bond acceptors (Lipinski definition) is 6. The second kappa shape index (κ2) is 8.05. The first-order valence-corrected chi connectivity index (χ1v) is 8.92. The molecule has 0 aliphatic carbocycles. The second-order valence-corrected chi connectivity index (χ2v) is 7.13. The van der Waals surface area contributed by atoms with Crippen LogP contribution in [-0.4, -0.2) is 31.9 Å². The summed E-state index contributed by atoms with van der Waals surface area (Å²) < 4.78 is 21.1. The van der Waals surface area contributed by atoms with Crippen LogP contribution >= 0.6 is 23.4 Å². The third-order valence-electron chi connectivity index (χ3n) is 3.56. The number of aromatic nitrogens is 3. The molecule has 0 aromatic carbocycles. The normalized spacial score (nSPS) is 12.1. The Morgan fingerprint density at radius 3 is 2.69 bits per heavy atom. The highest BCUT2D eigenvalue weighted by molar-refractivity contribution is 8.00. The number of rotatable bonds is 5. The lowest BCUT2D eigenvalue weighted by Crippen LogP contribution is -2.39. The summed E-state index contributed by atoms with van der Waals surface area (Å²) in [5.74, 6) is -1.88. The van der Waals surface area contributed by atoms with Gasteiger partial charge in [-0.2, -0.15) is 0 Å². The van der Waals surface area contributed by atoms with Crippen LogP contribution in [0.1, 0.15) is 19.5 Å². The van der Waals surface area contributed by atoms with E-state index in [0.717, 1.165) is 17.8 Å². The Morgan fingerprint density at radius 2 is 2.08 bits per heavy atom. The Labute approximate surface area is 157 Å². The first-order chi connectivity index (χ1) is 12.2. The molecule has 2 aromatic rings. The summed E-state index contributed by atoms with van der Waals surface area (Å²) in [5.41, 5.74) is -1.03. The molecule has 26 heavy (non-hydrogen) atoms. The largest absolute Gasteiger partial charge is 0.465 e. The molecule has 2 heterocycles. The highest BCUT2D eigenvalue weighted by Crippen LogP contribution is 2.31. The fourth-order valence-corrected chi connectivity index (χ4v) is 3.17. The molecule has 0 N–H and O–H groups in total. The number of thioether (sulfide) groups is 1. The zero-order valence-electron chi connectivity index (χ0n) is 14.6. The number of carbonyl (C=O) groups is 1. The molecule has 0 amide bonds. The van der Waals surface area contributed by atoms with Crippen LogP contribution in [0, 0.1) is 12.7 Å². The van der Waals surface area contributed by atoms with Crippen molar-refractivity contribution in [3.05, 3.63) is 49.5 Å². The van der Waals surface area contributed by atoms with Crippen LogP contribution in [0.15, 0.2) is 26.7 Å². The summed E-state index contributed by atoms with van der Waals surface area (Å²) in [7, 11) is 1.46. The number of hydrogen-bond donors (Lipinski definition) is 0. The maximum atomic E-state index is 14.4. The maximum absolute atomic E-state index is 14.4. The van der Waals surface area contributed by atoms with Gasteiger partial charge < -0.3 is 9.30 Å². The predicted octanol–water partition coefficient (Wildman–Crippen LogP) is 2.08. The van der Waals surface area contributed by atoms with Crippen molar-refractivity contribution in [3.8, 4) is 5.82 Å². The van der Waals surface area contributed by atoms with Gasteiger partial charge in [0.1, 0.15) is 10.3 Å². The van der Waals surface area contributed by atoms with E-state index in [4.69, 9.17) is 16.3 Å². The summed E-state index contributed by atoms with van der Waals surface area (Å²) in [6, 6.07) is 2.15. The van der Waals surface area contributed by atoms with Gasteiger partial charge in [0.2, 0.25) is 0 Å². The van der Waals surface area contributed by atoms with E-state index in [-0.39, 0.29) is 16.7 Å². The third-order valence-corrected chi connectivity index (χ3v) is 5.04. The standard InChI is InChI=1S/C16H17ClFN3O4S/c1-5-25-15(23)9(3)26-14-10(17)7-11(18)13(19-14)21-12(22)6-8(2)20(4)16(21)24/h6-7,9H,5H2,1-4H3. The van der Waals surface area contributed by atoms with Gasteiger partial charge in [-0.15, -0.1) is 0 Å². The number of aryl methyl sites for hydroxylation is 1. The fraction of sp³-hybridized carbons (Fsp3) is 0.375. The summed E-state index contributed by atoms with van der Waals surface area (Å²) >= 11 is 6.95. The van der Waals surface area contributed by atoms with Crippen molar-refractivity contribution < 1.29 is 13.9 Å². The van der Waals surface area contributed by atoms with E-state index >= 15 is 0 Å². The molecule has 2 aromatic heterocycles. The average Bonchev–Trinajstić information content (AvgIpc) is 2.56. The lowest BCUT2D eigenvalue weighted by atomic mass is 10.4. The van der Waals surface area contributed by atoms with Crippen LogP contribution in [0.4, 0.5) is 4.39 Å². The van der Waals surface area contributed by atoms with Gasteiger partial charge in [0.25, 0.3) is 5.56 Å². The smallest absolute Gasteiger partial charge is 0.336 e. The molecule has 1 atom stereocenters. The lowest BCUT2D eigenvalue weighted by molar-refractivity contribution is -0.142. The molecule has 0 fully saturated rings. The fourth-order valence-electron chi connectivity index (χ4n) is 2.09. The molecule has 0 saturated carbocycles. The zero-order valence-corrected chi connectivity index (χ0v) is 16.2. The van der Waals surface area contributed by atoms with Crippen LogP contribution in [0.5, 0.6) is 0 Å². The third kappa shape index (κ3) is 3.99. The van der Waals surface area contributed by atoms with Gasteiger partial charge in [0.15, 0.2) is 11.6 Å². The van der Waals surface area contributed by atoms with Crippen LogP contribution < -0.4 is 11.2 Å². The van der Waals surface area contributed by atoms with Crippen molar-refractivity contribution in [3.63, 3.8) is 0 Å². The van der Waals surface area contributed by atoms with E-state index in [1.165, 1.54) is 17.7 Å². The van der Waals surface area contributed by atoms with E-state index in [0.29, 0.717) is 10.3 Å². The average molecular weight is 402 g/mol. The minimum atomic E-state index is -0.925. The minimum absolute atomic E-state index is 0.0376. The van der Waals surface area contributed by atoms with E-state index < -0.39 is 34.1 Å². The van der Waals surface area contributed by atoms with Gasteiger partial charge in [-0.25, -0.2) is 18.7 Å². The monoisotopic (exact) mass is 401 g/mol. The molecule has 0 aliphatic rings. The molecule has 0 bridgehead atoms. The van der Waals surface area contributed by atoms with Crippen molar-refractivity contribution in [2.75, 3.05) is 6.61 Å². The topological polar surface area (TPSA) is 83.2 Å². The van der Waals surface area contributed by atoms with Gasteiger partial charge >= 0.3 is 11.7 Å². The molecule has 2 rings (SSSR count). The molecular weight excluding hydrogens is 385 g/mol. The minimum Gasteiger partial charge on any atom is -0.465 e. The summed E-state index contributed by atoms with van der Waals surface area (Å²) in [6.07, 6.45) is 0. The van der Waals surface area contributed by atoms with Gasteiger partial charge in [0.05, 0.1) is 11.6 Å². The first-order valence-electron chi connectivity index (χ1n) is 7.66. The van der Waals surface area contributed by atoms with Crippen LogP contribution in [0.25, 0.3) is 5.82 Å². The van der Waals surface area contributed by atoms with E-state index in [1.807, 2.05) is 0 Å². The quantitative estimate of drug-likeness (QED) is 0.563. The molecular formula is C16H17ClFN3O4S. The van der Waals surface area contributed by atoms with E-state index in [1.54, 1.807) is 20.8 Å². The first kappa shape index (κ1) is 20.2. The number of carbonyl (C=O) groups excluding carboxylic acids is 1. The lowest BCUT2D eigenvalue weighted by Gasteiger charge is -2.13. The zero-order chi connectivity index (χ0) is 19.6. The Bertz CT molecular complexity index is 973. The maximum Gasteiger partial charge on any atom is 0.336 e. The number of esters is 1. The Balaban J connectivity index is 2.57. The molecule has 140 valence electrons. The van der Waals surface area contributed by atoms with Gasteiger partial charge in [0, 0.05) is 18.8 Å². The van der Waals surface area contributed by atoms with Crippen LogP contribution in [0.2, 0.25) is 5.02 Å². The molecule has 0 spiro atoms. The molecule has 1 unspecified atom stereocenters. The summed E-state index contributed by atoms with van der Waals surface area (Å²) in [4.78, 5) is 40.4. The van der Waals surface area contributed by atoms with Gasteiger partial charge in [-0.3, -0.25) is 9.59 Å². The SMILES string of the molecule is CCOC(=O)C(C)Sc1nc(-n2c(=O)cc(C)n(C)c2=O)c(F)cc1Cl. The Hall–Kier alpha value is -2.13. The summed E-state index contributed by atoms with van der Waals surface area (Å²) in [5, 5.41) is -0.585. The number of pyridine rings is 1. The van der Waals surface area contributed by atoms with Crippen LogP contribution in [0.3, 0.4) is 0 Å². The second-order valence-electron chi connectivity index (χ2n) is 5.39. The van der Waals surface area contributed by atoms with Crippen molar-refractivity contribution in [1.29, 1.82) is 0 Å². The highest BCUT2D eigenvalue weighted by Gasteiger charge is 2.22. The molecule has 0 saturated heterocycles. The van der Waals surface area contributed by atoms with Crippen molar-refractivity contribution in [2.24, 2.45) is 7.05 Å². The number of ether oxygens (including phenoxy) is 1. The molecule has 7 nitrogen and oxygen atoms in total. The van der Waals surface area contributed by atoms with Crippen molar-refractivity contribution in [2.45, 2.75) is 31.0 Å². The van der Waals surface area contributed by atoms with Crippen molar-refractivity contribution >= 4 is 29.3 Å². The molecule has 0 radical (unpaired) electrons. The van der Waals surface area contributed by atoms with Crippen LogP contribution in [-0.2, 0) is 16.6 Å². The van der Waals surface area contributed by atoms with Crippen molar-refractivity contribution in [1.82, 2.24) is 14.1 Å². The van der Waals surface area contributed by atoms with Gasteiger partial charge in [-0.1, -0.05) is 23.4 Å². The Morgan fingerprint density at radius 1 is 1.42 bits per heavy atom. The molecule has 10 heteroatoms. The summed E-state index contributed by atoms with van der Waals surface area (Å²) in [6.45, 7) is 5.06. The van der Waals surface area contributed by atoms with E-state index in [2.05, 4.69) is 4.98 Å².